The number of allylic oxidation sites excluding steroid dienone is 2. The Labute approximate surface area is 230 Å². The molecule has 1 aromatic rings. The SMILES string of the molecule is CCC1=C[C@](C)(CC)[C@@H]2[C@]3(O)N1C[C@H]1O[C@@H](n4cc(C)c(=O)[nH]c4=O)[C@H](O[Si](C)(C)C(C)(C)C)[C@]13OS2(=O)=O. The lowest BCUT2D eigenvalue weighted by Gasteiger charge is -2.52. The lowest BCUT2D eigenvalue weighted by molar-refractivity contribution is -0.197. The van der Waals surface area contributed by atoms with E-state index in [0.717, 1.165) is 5.70 Å². The molecular weight excluding hydrogens is 542 g/mol. The maximum Gasteiger partial charge on any atom is 0.330 e. The molecule has 5 heterocycles. The predicted octanol–water partition coefficient (Wildman–Crippen LogP) is 2.33. The highest BCUT2D eigenvalue weighted by Gasteiger charge is 2.87. The average Bonchev–Trinajstić information content (AvgIpc) is 3.30. The Kier molecular flexibility index (Phi) is 6.18. The number of ether oxygens (including phenoxy) is 1. The van der Waals surface area contributed by atoms with E-state index < -0.39 is 70.1 Å². The third kappa shape index (κ3) is 3.56. The molecule has 3 fully saturated rings. The maximum absolute atomic E-state index is 14.0. The number of nitrogens with one attached hydrogen (secondary N) is 1. The van der Waals surface area contributed by atoms with Crippen molar-refractivity contribution in [3.05, 3.63) is 44.4 Å². The summed E-state index contributed by atoms with van der Waals surface area (Å²) in [5.41, 5.74) is -4.91. The van der Waals surface area contributed by atoms with Gasteiger partial charge in [-0.05, 0) is 37.9 Å². The average molecular weight is 584 g/mol. The Bertz CT molecular complexity index is 1460. The highest BCUT2D eigenvalue weighted by molar-refractivity contribution is 7.87. The molecule has 4 aliphatic heterocycles. The molecule has 1 spiro atoms. The van der Waals surface area contributed by atoms with Crippen LogP contribution >= 0.6 is 0 Å². The minimum Gasteiger partial charge on any atom is -0.406 e. The summed E-state index contributed by atoms with van der Waals surface area (Å²) in [6.07, 6.45) is 1.12. The molecule has 39 heavy (non-hydrogen) atoms. The second kappa shape index (κ2) is 8.38. The first-order chi connectivity index (χ1) is 17.8. The Morgan fingerprint density at radius 1 is 1.26 bits per heavy atom. The number of hydrogen-bond acceptors (Lipinski definition) is 9. The third-order valence-corrected chi connectivity index (χ3v) is 16.3. The lowest BCUT2D eigenvalue weighted by Crippen LogP contribution is -2.71. The van der Waals surface area contributed by atoms with Crippen molar-refractivity contribution in [2.45, 2.75) is 114 Å². The first-order valence-corrected chi connectivity index (χ1v) is 18.0. The zero-order chi connectivity index (χ0) is 29.1. The fourth-order valence-corrected chi connectivity index (χ4v) is 10.4. The fraction of sp³-hybridized carbons (Fsp3) is 0.769. The molecule has 5 rings (SSSR count). The van der Waals surface area contributed by atoms with Crippen LogP contribution in [0.15, 0.2) is 27.6 Å². The van der Waals surface area contributed by atoms with Gasteiger partial charge in [0.15, 0.2) is 25.9 Å². The second-order valence-corrected chi connectivity index (χ2v) is 19.6. The molecule has 2 N–H and O–H groups in total. The lowest BCUT2D eigenvalue weighted by atomic mass is 9.69. The Morgan fingerprint density at radius 2 is 1.90 bits per heavy atom. The summed E-state index contributed by atoms with van der Waals surface area (Å²) in [6.45, 7) is 17.6. The zero-order valence-corrected chi connectivity index (χ0v) is 26.0. The van der Waals surface area contributed by atoms with Crippen molar-refractivity contribution in [2.75, 3.05) is 6.54 Å². The minimum atomic E-state index is -4.33. The van der Waals surface area contributed by atoms with Gasteiger partial charge in [0.2, 0.25) is 0 Å². The van der Waals surface area contributed by atoms with Gasteiger partial charge in [-0.1, -0.05) is 47.6 Å². The van der Waals surface area contributed by atoms with E-state index in [-0.39, 0.29) is 17.1 Å². The van der Waals surface area contributed by atoms with Crippen LogP contribution in [0, 0.1) is 12.3 Å². The molecule has 7 atom stereocenters. The Morgan fingerprint density at radius 3 is 2.46 bits per heavy atom. The monoisotopic (exact) mass is 583 g/mol. The van der Waals surface area contributed by atoms with E-state index in [2.05, 4.69) is 4.98 Å². The van der Waals surface area contributed by atoms with Gasteiger partial charge in [0, 0.05) is 22.9 Å². The van der Waals surface area contributed by atoms with Crippen LogP contribution in [0.1, 0.15) is 66.2 Å². The molecule has 1 aromatic heterocycles. The molecule has 0 radical (unpaired) electrons. The van der Waals surface area contributed by atoms with Gasteiger partial charge < -0.3 is 19.2 Å². The van der Waals surface area contributed by atoms with Crippen LogP contribution in [-0.2, 0) is 23.5 Å². The number of aromatic nitrogens is 2. The van der Waals surface area contributed by atoms with Crippen LogP contribution in [0.5, 0.6) is 0 Å². The van der Waals surface area contributed by atoms with E-state index in [4.69, 9.17) is 13.3 Å². The quantitative estimate of drug-likeness (QED) is 0.395. The van der Waals surface area contributed by atoms with Crippen LogP contribution in [0.4, 0.5) is 0 Å². The van der Waals surface area contributed by atoms with Crippen molar-refractivity contribution in [1.82, 2.24) is 14.5 Å². The molecule has 11 nitrogen and oxygen atoms in total. The first kappa shape index (κ1) is 28.7. The van der Waals surface area contributed by atoms with E-state index in [1.807, 2.05) is 60.7 Å². The number of aromatic amines is 1. The largest absolute Gasteiger partial charge is 0.406 e. The summed E-state index contributed by atoms with van der Waals surface area (Å²) in [5.74, 6) is 0. The third-order valence-electron chi connectivity index (χ3n) is 9.92. The van der Waals surface area contributed by atoms with Gasteiger partial charge in [-0.15, -0.1) is 0 Å². The molecule has 0 unspecified atom stereocenters. The summed E-state index contributed by atoms with van der Waals surface area (Å²) in [5, 5.41) is 11.3. The standard InChI is InChI=1S/C26H41N3O8SSi/c1-10-16-12-24(7,11-2)21-26(32)25(37-38(21,33)34)17(14-29(16)26)35-20(18(25)36-39(8,9)23(4,5)6)28-13-15(3)19(30)27-22(28)31/h12-13,17-18,20-21,32H,10-11,14H2,1-9H3,(H,27,30,31)/t17-,18+,20-,21-,24+,25-,26-/m1/s1. The molecule has 13 heteroatoms. The number of aliphatic hydroxyl groups is 1. The van der Waals surface area contributed by atoms with Crippen LogP contribution in [-0.4, -0.2) is 71.6 Å². The van der Waals surface area contributed by atoms with Gasteiger partial charge in [0.25, 0.3) is 15.7 Å². The molecule has 4 aliphatic rings. The van der Waals surface area contributed by atoms with E-state index in [1.165, 1.54) is 10.8 Å². The summed E-state index contributed by atoms with van der Waals surface area (Å²) in [7, 11) is -7.01. The Balaban J connectivity index is 1.80. The molecular formula is C26H41N3O8SSi. The van der Waals surface area contributed by atoms with E-state index >= 15 is 0 Å². The normalized spacial score (nSPS) is 39.0. The van der Waals surface area contributed by atoms with Crippen molar-refractivity contribution in [3.63, 3.8) is 0 Å². The minimum absolute atomic E-state index is 0.160. The van der Waals surface area contributed by atoms with Crippen molar-refractivity contribution < 1.29 is 26.9 Å². The molecule has 0 aliphatic carbocycles. The Hall–Kier alpha value is -1.77. The molecule has 0 saturated carbocycles. The van der Waals surface area contributed by atoms with Gasteiger partial charge in [-0.25, -0.2) is 4.79 Å². The summed E-state index contributed by atoms with van der Waals surface area (Å²) < 4.78 is 48.7. The van der Waals surface area contributed by atoms with Crippen molar-refractivity contribution in [3.8, 4) is 0 Å². The van der Waals surface area contributed by atoms with Gasteiger partial charge in [-0.3, -0.25) is 18.5 Å². The predicted molar refractivity (Wildman–Crippen MR) is 147 cm³/mol. The van der Waals surface area contributed by atoms with E-state index in [1.54, 1.807) is 11.8 Å². The number of aryl methyl sites for hydroxylation is 1. The molecule has 218 valence electrons. The maximum atomic E-state index is 14.0. The van der Waals surface area contributed by atoms with Gasteiger partial charge in [0.1, 0.15) is 17.5 Å². The summed E-state index contributed by atoms with van der Waals surface area (Å²) >= 11 is 0. The van der Waals surface area contributed by atoms with Crippen LogP contribution in [0.3, 0.4) is 0 Å². The fourth-order valence-electron chi connectivity index (χ4n) is 6.69. The topological polar surface area (TPSA) is 140 Å². The number of hydrogen-bond donors (Lipinski definition) is 2. The first-order valence-electron chi connectivity index (χ1n) is 13.6. The van der Waals surface area contributed by atoms with Gasteiger partial charge in [-0.2, -0.15) is 8.42 Å². The number of H-pyrrole nitrogens is 1. The zero-order valence-electron chi connectivity index (χ0n) is 24.2. The summed E-state index contributed by atoms with van der Waals surface area (Å²) in [6, 6.07) is 0. The van der Waals surface area contributed by atoms with Crippen LogP contribution in [0.2, 0.25) is 18.1 Å². The highest BCUT2D eigenvalue weighted by atomic mass is 32.2. The van der Waals surface area contributed by atoms with E-state index in [0.29, 0.717) is 12.8 Å². The van der Waals surface area contributed by atoms with Crippen LogP contribution < -0.4 is 11.2 Å². The molecule has 0 amide bonds. The van der Waals surface area contributed by atoms with Gasteiger partial charge in [0.05, 0.1) is 6.54 Å². The molecule has 0 aromatic carbocycles. The number of rotatable bonds is 5. The summed E-state index contributed by atoms with van der Waals surface area (Å²) in [4.78, 5) is 29.3. The van der Waals surface area contributed by atoms with Crippen molar-refractivity contribution >= 4 is 18.4 Å². The van der Waals surface area contributed by atoms with Gasteiger partial charge >= 0.3 is 5.69 Å². The van der Waals surface area contributed by atoms with Crippen molar-refractivity contribution in [2.24, 2.45) is 5.41 Å². The van der Waals surface area contributed by atoms with Crippen LogP contribution in [0.25, 0.3) is 0 Å². The molecule has 3 saturated heterocycles. The van der Waals surface area contributed by atoms with E-state index in [9.17, 15) is 23.1 Å². The smallest absolute Gasteiger partial charge is 0.330 e. The molecule has 0 bridgehead atoms. The highest BCUT2D eigenvalue weighted by Crippen LogP contribution is 2.66. The second-order valence-electron chi connectivity index (χ2n) is 13.2. The van der Waals surface area contributed by atoms with Crippen molar-refractivity contribution in [1.29, 1.82) is 0 Å². The number of nitrogens with zero attached hydrogens (tertiary/aromatic N) is 2.